The second-order valence-electron chi connectivity index (χ2n) is 10.5. The summed E-state index contributed by atoms with van der Waals surface area (Å²) in [7, 11) is 1.25. The summed E-state index contributed by atoms with van der Waals surface area (Å²) in [5.41, 5.74) is 3.48. The molecule has 5 N–H and O–H groups in total. The predicted molar refractivity (Wildman–Crippen MR) is 155 cm³/mol. The molecule has 18 nitrogen and oxygen atoms in total. The molecule has 2 unspecified atom stereocenters. The Kier molecular flexibility index (Phi) is 9.95. The van der Waals surface area contributed by atoms with Gasteiger partial charge >= 0.3 is 12.1 Å². The Balaban J connectivity index is 1.32. The summed E-state index contributed by atoms with van der Waals surface area (Å²) in [6.07, 6.45) is -0.0136. The van der Waals surface area contributed by atoms with Gasteiger partial charge in [0, 0.05) is 42.7 Å². The average molecular weight is 658 g/mol. The van der Waals surface area contributed by atoms with Crippen LogP contribution < -0.4 is 16.4 Å². The molecule has 21 heteroatoms. The van der Waals surface area contributed by atoms with Crippen molar-refractivity contribution in [1.29, 1.82) is 0 Å². The van der Waals surface area contributed by atoms with Crippen LogP contribution in [0.1, 0.15) is 33.0 Å². The van der Waals surface area contributed by atoms with Gasteiger partial charge in [0.15, 0.2) is 5.13 Å². The summed E-state index contributed by atoms with van der Waals surface area (Å²) >= 11 is 3.30. The Bertz CT molecular complexity index is 1390. The minimum absolute atomic E-state index is 0.0367. The molecule has 234 valence electrons. The minimum Gasteiger partial charge on any atom is -0.481 e. The van der Waals surface area contributed by atoms with Gasteiger partial charge < -0.3 is 35.9 Å². The van der Waals surface area contributed by atoms with Gasteiger partial charge in [-0.1, -0.05) is 16.9 Å². The lowest BCUT2D eigenvalue weighted by atomic mass is 9.89. The van der Waals surface area contributed by atoms with Crippen LogP contribution in [0, 0.1) is 5.41 Å². The Hall–Kier alpha value is -3.72. The van der Waals surface area contributed by atoms with E-state index < -0.39 is 46.3 Å². The second kappa shape index (κ2) is 13.3. The third kappa shape index (κ3) is 7.63. The summed E-state index contributed by atoms with van der Waals surface area (Å²) < 4.78 is 10.7. The van der Waals surface area contributed by atoms with E-state index in [1.165, 1.54) is 40.2 Å². The predicted octanol–water partition coefficient (Wildman–Crippen LogP) is -0.365. The highest BCUT2D eigenvalue weighted by atomic mass is 32.2. The van der Waals surface area contributed by atoms with E-state index in [1.54, 1.807) is 20.8 Å². The number of anilines is 1. The quantitative estimate of drug-likeness (QED) is 0.0748. The number of fused-ring (bicyclic) bond motifs is 1. The standard InChI is InChI=1S/C22H31N11O7S3/c1-21(2,3)40-20(38)24-6-5-7-33-19(27-30-31-33)42-10-22(17(36)37)8-32-15(35)12(16(32)41-9-22)25-14(34)11(28-39-4)13-26-18(23)43-29-13/h12,16H,5-10H2,1-4H3,(H,24,38)(H,25,34)(H,36,37)(H2,23,26,29)/t12?,16-,22?/m1/s1. The van der Waals surface area contributed by atoms with Crippen molar-refractivity contribution >= 4 is 69.8 Å². The summed E-state index contributed by atoms with van der Waals surface area (Å²) in [6, 6.07) is -0.892. The van der Waals surface area contributed by atoms with Gasteiger partial charge in [-0.25, -0.2) is 9.48 Å². The molecule has 3 amide bonds. The molecule has 0 bridgehead atoms. The van der Waals surface area contributed by atoms with Gasteiger partial charge in [-0.15, -0.1) is 16.9 Å². The number of hydrogen-bond acceptors (Lipinski definition) is 16. The SMILES string of the molecule is CON=C(C(=O)NC1C(=O)N2CC(CSc3nnnn3CCCNC(=O)OC(C)(C)C)(C(=O)O)CS[C@H]12)c1nsc(N)n1. The highest BCUT2D eigenvalue weighted by molar-refractivity contribution is 8.00. The molecule has 3 atom stereocenters. The van der Waals surface area contributed by atoms with Crippen molar-refractivity contribution < 1.29 is 33.9 Å². The van der Waals surface area contributed by atoms with Crippen LogP contribution in [0.4, 0.5) is 9.93 Å². The number of carboxylic acid groups (broad SMARTS) is 1. The number of aryl methyl sites for hydroxylation is 1. The molecule has 2 aromatic rings. The Labute approximate surface area is 258 Å². The highest BCUT2D eigenvalue weighted by Gasteiger charge is 2.57. The number of oxime groups is 1. The molecule has 0 spiro atoms. The van der Waals surface area contributed by atoms with E-state index in [2.05, 4.69) is 40.7 Å². The monoisotopic (exact) mass is 657 g/mol. The van der Waals surface area contributed by atoms with Crippen molar-refractivity contribution in [1.82, 2.24) is 45.1 Å². The normalized spacial score (nSPS) is 21.9. The van der Waals surface area contributed by atoms with E-state index in [0.717, 1.165) is 11.5 Å². The van der Waals surface area contributed by atoms with Gasteiger partial charge in [0.25, 0.3) is 5.91 Å². The number of nitrogens with zero attached hydrogens (tertiary/aromatic N) is 8. The number of nitrogen functional groups attached to an aromatic ring is 1. The van der Waals surface area contributed by atoms with Crippen molar-refractivity contribution in [3.63, 3.8) is 0 Å². The zero-order valence-corrected chi connectivity index (χ0v) is 26.1. The van der Waals surface area contributed by atoms with Crippen LogP contribution in [0.2, 0.25) is 0 Å². The number of nitrogens with one attached hydrogen (secondary N) is 2. The van der Waals surface area contributed by atoms with Gasteiger partial charge in [-0.3, -0.25) is 14.4 Å². The summed E-state index contributed by atoms with van der Waals surface area (Å²) in [6.45, 7) is 5.98. The number of hydrogen-bond donors (Lipinski definition) is 4. The summed E-state index contributed by atoms with van der Waals surface area (Å²) in [4.78, 5) is 60.3. The molecule has 2 saturated heterocycles. The summed E-state index contributed by atoms with van der Waals surface area (Å²) in [5.74, 6) is -1.97. The number of thioether (sulfide) groups is 2. The maximum absolute atomic E-state index is 13.0. The number of alkyl carbamates (subject to hydrolysis) is 1. The first-order chi connectivity index (χ1) is 20.3. The number of rotatable bonds is 12. The molecule has 4 rings (SSSR count). The van der Waals surface area contributed by atoms with Crippen LogP contribution in [-0.4, -0.2) is 118 Å². The van der Waals surface area contributed by atoms with Gasteiger partial charge in [0.05, 0.1) is 0 Å². The van der Waals surface area contributed by atoms with Crippen LogP contribution in [0.25, 0.3) is 0 Å². The molecule has 2 aromatic heterocycles. The smallest absolute Gasteiger partial charge is 0.407 e. The van der Waals surface area contributed by atoms with Gasteiger partial charge in [-0.05, 0) is 37.6 Å². The molecule has 0 saturated carbocycles. The fraction of sp³-hybridized carbons (Fsp3) is 0.636. The van der Waals surface area contributed by atoms with E-state index in [9.17, 15) is 24.3 Å². The van der Waals surface area contributed by atoms with Gasteiger partial charge in [0.2, 0.25) is 22.6 Å². The number of carboxylic acids is 1. The second-order valence-corrected chi connectivity index (χ2v) is 13.4. The molecule has 43 heavy (non-hydrogen) atoms. The third-order valence-corrected chi connectivity index (χ3v) is 9.51. The third-order valence-electron chi connectivity index (χ3n) is 6.13. The molecule has 0 aliphatic carbocycles. The molecule has 2 aliphatic heterocycles. The van der Waals surface area contributed by atoms with Crippen LogP contribution in [0.3, 0.4) is 0 Å². The van der Waals surface area contributed by atoms with E-state index in [0.29, 0.717) is 24.7 Å². The van der Waals surface area contributed by atoms with Crippen LogP contribution in [0.15, 0.2) is 10.3 Å². The average Bonchev–Trinajstić information content (AvgIpc) is 3.58. The van der Waals surface area contributed by atoms with Crippen LogP contribution >= 0.6 is 35.1 Å². The Morgan fingerprint density at radius 2 is 2.09 bits per heavy atom. The van der Waals surface area contributed by atoms with Gasteiger partial charge in [-0.2, -0.15) is 9.36 Å². The topological polar surface area (TPSA) is 242 Å². The Morgan fingerprint density at radius 1 is 1.33 bits per heavy atom. The Morgan fingerprint density at radius 3 is 2.74 bits per heavy atom. The van der Waals surface area contributed by atoms with Crippen molar-refractivity contribution in [3.8, 4) is 0 Å². The van der Waals surface area contributed by atoms with Crippen LogP contribution in [-0.2, 0) is 30.5 Å². The number of amides is 3. The van der Waals surface area contributed by atoms with Crippen molar-refractivity contribution in [2.24, 2.45) is 10.6 Å². The number of carbonyl (C=O) groups excluding carboxylic acids is 3. The van der Waals surface area contributed by atoms with E-state index >= 15 is 0 Å². The lowest BCUT2D eigenvalue weighted by molar-refractivity contribution is -0.157. The molecule has 2 fully saturated rings. The van der Waals surface area contributed by atoms with Crippen molar-refractivity contribution in [2.45, 2.75) is 55.9 Å². The molecule has 4 heterocycles. The molecule has 2 aliphatic rings. The first-order valence-electron chi connectivity index (χ1n) is 12.9. The number of aromatic nitrogens is 6. The number of tetrazole rings is 1. The number of carbonyl (C=O) groups is 4. The maximum Gasteiger partial charge on any atom is 0.407 e. The first-order valence-corrected chi connectivity index (χ1v) is 15.7. The molecular formula is C22H31N11O7S3. The number of aliphatic carboxylic acids is 1. The minimum atomic E-state index is -1.28. The van der Waals surface area contributed by atoms with E-state index in [1.807, 2.05) is 0 Å². The van der Waals surface area contributed by atoms with Crippen molar-refractivity contribution in [3.05, 3.63) is 5.82 Å². The zero-order chi connectivity index (χ0) is 31.4. The van der Waals surface area contributed by atoms with Gasteiger partial charge in [0.1, 0.15) is 29.5 Å². The fourth-order valence-electron chi connectivity index (χ4n) is 4.10. The first kappa shape index (κ1) is 32.2. The zero-order valence-electron chi connectivity index (χ0n) is 23.7. The molecular weight excluding hydrogens is 627 g/mol. The molecule has 0 aromatic carbocycles. The number of ether oxygens (including phenoxy) is 1. The van der Waals surface area contributed by atoms with E-state index in [4.69, 9.17) is 15.3 Å². The largest absolute Gasteiger partial charge is 0.481 e. The maximum atomic E-state index is 13.0. The lowest BCUT2D eigenvalue weighted by Gasteiger charge is -2.53. The van der Waals surface area contributed by atoms with E-state index in [-0.39, 0.29) is 34.7 Å². The lowest BCUT2D eigenvalue weighted by Crippen LogP contribution is -2.74. The van der Waals surface area contributed by atoms with Crippen LogP contribution in [0.5, 0.6) is 0 Å². The van der Waals surface area contributed by atoms with Crippen molar-refractivity contribution in [2.75, 3.05) is 37.4 Å². The fourth-order valence-corrected chi connectivity index (χ4v) is 7.30. The highest BCUT2D eigenvalue weighted by Crippen LogP contribution is 2.44. The summed E-state index contributed by atoms with van der Waals surface area (Å²) in [5, 5.41) is 30.9. The number of nitrogens with two attached hydrogens (primary N) is 1. The molecule has 0 radical (unpaired) electrons. The number of β-lactam (4-membered cyclic amide) rings is 1.